The number of anilines is 1. The van der Waals surface area contributed by atoms with Gasteiger partial charge in [0.1, 0.15) is 11.6 Å². The van der Waals surface area contributed by atoms with Crippen molar-refractivity contribution in [3.8, 4) is 16.9 Å². The van der Waals surface area contributed by atoms with Crippen molar-refractivity contribution in [2.45, 2.75) is 19.7 Å². The summed E-state index contributed by atoms with van der Waals surface area (Å²) in [5.41, 5.74) is 8.03. The maximum Gasteiger partial charge on any atom is 0.573 e. The van der Waals surface area contributed by atoms with Crippen LogP contribution in [0.5, 0.6) is 5.75 Å². The van der Waals surface area contributed by atoms with E-state index in [2.05, 4.69) is 9.72 Å². The average Bonchev–Trinajstić information content (AvgIpc) is 2.38. The van der Waals surface area contributed by atoms with Gasteiger partial charge in [-0.1, -0.05) is 19.1 Å². The van der Waals surface area contributed by atoms with Gasteiger partial charge in [0.05, 0.1) is 5.69 Å². The van der Waals surface area contributed by atoms with Crippen LogP contribution in [-0.2, 0) is 6.42 Å². The maximum atomic E-state index is 12.1. The number of aryl methyl sites for hydroxylation is 1. The highest BCUT2D eigenvalue weighted by molar-refractivity contribution is 5.67. The van der Waals surface area contributed by atoms with Gasteiger partial charge >= 0.3 is 6.36 Å². The van der Waals surface area contributed by atoms with Crippen LogP contribution in [0, 0.1) is 0 Å². The first kappa shape index (κ1) is 14.2. The van der Waals surface area contributed by atoms with E-state index in [0.717, 1.165) is 16.8 Å². The predicted molar refractivity (Wildman–Crippen MR) is 70.1 cm³/mol. The number of hydrogen-bond donors (Lipinski definition) is 1. The number of hydrogen-bond acceptors (Lipinski definition) is 3. The number of rotatable bonds is 3. The molecule has 1 aromatic carbocycles. The van der Waals surface area contributed by atoms with Gasteiger partial charge < -0.3 is 10.5 Å². The summed E-state index contributed by atoms with van der Waals surface area (Å²) in [6.45, 7) is 1.94. The van der Waals surface area contributed by atoms with Crippen LogP contribution in [0.2, 0.25) is 0 Å². The number of benzene rings is 1. The molecule has 106 valence electrons. The Kier molecular flexibility index (Phi) is 3.83. The maximum absolute atomic E-state index is 12.1. The largest absolute Gasteiger partial charge is 0.573 e. The van der Waals surface area contributed by atoms with Crippen molar-refractivity contribution in [1.29, 1.82) is 0 Å². The summed E-state index contributed by atoms with van der Waals surface area (Å²) in [5, 5.41) is 0. The molecule has 3 nitrogen and oxygen atoms in total. The highest BCUT2D eigenvalue weighted by Crippen LogP contribution is 2.28. The second-order valence-corrected chi connectivity index (χ2v) is 4.16. The van der Waals surface area contributed by atoms with E-state index in [-0.39, 0.29) is 5.75 Å². The van der Waals surface area contributed by atoms with Crippen LogP contribution in [0.3, 0.4) is 0 Å². The summed E-state index contributed by atoms with van der Waals surface area (Å²) in [7, 11) is 0. The fourth-order valence-corrected chi connectivity index (χ4v) is 1.89. The third kappa shape index (κ3) is 3.40. The molecule has 0 atom stereocenters. The molecule has 0 amide bonds. The van der Waals surface area contributed by atoms with Gasteiger partial charge in [0.25, 0.3) is 0 Å². The minimum atomic E-state index is -4.68. The first-order valence-electron chi connectivity index (χ1n) is 6.00. The van der Waals surface area contributed by atoms with Gasteiger partial charge in [0.15, 0.2) is 0 Å². The first-order chi connectivity index (χ1) is 9.39. The normalized spacial score (nSPS) is 11.4. The van der Waals surface area contributed by atoms with E-state index in [0.29, 0.717) is 12.2 Å². The summed E-state index contributed by atoms with van der Waals surface area (Å²) in [5.74, 6) is 0.172. The monoisotopic (exact) mass is 282 g/mol. The zero-order chi connectivity index (χ0) is 14.8. The number of alkyl halides is 3. The number of nitrogens with zero attached hydrogens (tertiary/aromatic N) is 1. The molecule has 1 heterocycles. The number of nitrogens with two attached hydrogens (primary N) is 1. The van der Waals surface area contributed by atoms with Crippen molar-refractivity contribution in [2.75, 3.05) is 5.73 Å². The van der Waals surface area contributed by atoms with Crippen LogP contribution in [-0.4, -0.2) is 11.3 Å². The fraction of sp³-hybridized carbons (Fsp3) is 0.214. The molecule has 0 aliphatic heterocycles. The molecule has 20 heavy (non-hydrogen) atoms. The van der Waals surface area contributed by atoms with Gasteiger partial charge in [-0.25, -0.2) is 4.98 Å². The Morgan fingerprint density at radius 3 is 2.30 bits per heavy atom. The zero-order valence-electron chi connectivity index (χ0n) is 10.7. The summed E-state index contributed by atoms with van der Waals surface area (Å²) in [6, 6.07) is 9.15. The van der Waals surface area contributed by atoms with Gasteiger partial charge in [-0.3, -0.25) is 0 Å². The van der Waals surface area contributed by atoms with E-state index in [1.54, 1.807) is 24.3 Å². The molecule has 0 spiro atoms. The van der Waals surface area contributed by atoms with Crippen LogP contribution in [0.1, 0.15) is 12.6 Å². The van der Waals surface area contributed by atoms with Crippen LogP contribution in [0.4, 0.5) is 19.0 Å². The van der Waals surface area contributed by atoms with E-state index in [1.165, 1.54) is 12.1 Å². The Morgan fingerprint density at radius 2 is 1.75 bits per heavy atom. The molecule has 6 heteroatoms. The number of ether oxygens (including phenoxy) is 1. The second kappa shape index (κ2) is 5.40. The molecule has 0 radical (unpaired) electrons. The lowest BCUT2D eigenvalue weighted by Gasteiger charge is -2.11. The van der Waals surface area contributed by atoms with E-state index >= 15 is 0 Å². The van der Waals surface area contributed by atoms with Crippen LogP contribution in [0.25, 0.3) is 11.1 Å². The molecular formula is C14H13F3N2O. The molecule has 2 N–H and O–H groups in total. The third-order valence-corrected chi connectivity index (χ3v) is 2.73. The highest BCUT2D eigenvalue weighted by atomic mass is 19.4. The lowest BCUT2D eigenvalue weighted by molar-refractivity contribution is -0.274. The van der Waals surface area contributed by atoms with Gasteiger partial charge in [0.2, 0.25) is 0 Å². The van der Waals surface area contributed by atoms with Gasteiger partial charge in [0, 0.05) is 5.56 Å². The van der Waals surface area contributed by atoms with Crippen molar-refractivity contribution >= 4 is 5.82 Å². The van der Waals surface area contributed by atoms with Crippen molar-refractivity contribution in [3.05, 3.63) is 42.1 Å². The Morgan fingerprint density at radius 1 is 1.10 bits per heavy atom. The molecule has 0 aliphatic rings. The molecule has 2 aromatic rings. The Balaban J connectivity index is 2.30. The Bertz CT molecular complexity index is 594. The lowest BCUT2D eigenvalue weighted by Crippen LogP contribution is -2.16. The van der Waals surface area contributed by atoms with Crippen molar-refractivity contribution in [2.24, 2.45) is 0 Å². The molecule has 0 bridgehead atoms. The summed E-state index contributed by atoms with van der Waals surface area (Å²) in [6.07, 6.45) is -4.00. The molecule has 0 unspecified atom stereocenters. The quantitative estimate of drug-likeness (QED) is 0.931. The average molecular weight is 282 g/mol. The fourth-order valence-electron chi connectivity index (χ4n) is 1.89. The molecule has 0 aliphatic carbocycles. The van der Waals surface area contributed by atoms with E-state index in [1.807, 2.05) is 6.92 Å². The van der Waals surface area contributed by atoms with Crippen LogP contribution in [0.15, 0.2) is 36.4 Å². The van der Waals surface area contributed by atoms with E-state index in [4.69, 9.17) is 5.73 Å². The minimum absolute atomic E-state index is 0.247. The minimum Gasteiger partial charge on any atom is -0.406 e. The van der Waals surface area contributed by atoms with Gasteiger partial charge in [-0.15, -0.1) is 13.2 Å². The molecular weight excluding hydrogens is 269 g/mol. The second-order valence-electron chi connectivity index (χ2n) is 4.16. The highest BCUT2D eigenvalue weighted by Gasteiger charge is 2.30. The molecule has 0 saturated carbocycles. The van der Waals surface area contributed by atoms with Gasteiger partial charge in [-0.2, -0.15) is 0 Å². The van der Waals surface area contributed by atoms with Gasteiger partial charge in [-0.05, 0) is 36.2 Å². The van der Waals surface area contributed by atoms with Crippen LogP contribution >= 0.6 is 0 Å². The SMILES string of the molecule is CCc1nc(N)ccc1-c1ccc(OC(F)(F)F)cc1. The molecule has 0 fully saturated rings. The first-order valence-corrected chi connectivity index (χ1v) is 6.00. The Hall–Kier alpha value is -2.24. The molecule has 0 saturated heterocycles. The molecule has 1 aromatic heterocycles. The van der Waals surface area contributed by atoms with Crippen LogP contribution < -0.4 is 10.5 Å². The van der Waals surface area contributed by atoms with Crippen molar-refractivity contribution in [1.82, 2.24) is 4.98 Å². The number of nitrogen functional groups attached to an aromatic ring is 1. The lowest BCUT2D eigenvalue weighted by atomic mass is 10.0. The zero-order valence-corrected chi connectivity index (χ0v) is 10.7. The summed E-state index contributed by atoms with van der Waals surface area (Å²) >= 11 is 0. The van der Waals surface area contributed by atoms with E-state index in [9.17, 15) is 13.2 Å². The molecule has 2 rings (SSSR count). The topological polar surface area (TPSA) is 48.1 Å². The van der Waals surface area contributed by atoms with E-state index < -0.39 is 6.36 Å². The summed E-state index contributed by atoms with van der Waals surface area (Å²) < 4.78 is 40.1. The van der Waals surface area contributed by atoms with Crippen molar-refractivity contribution in [3.63, 3.8) is 0 Å². The standard InChI is InChI=1S/C14H13F3N2O/c1-2-12-11(7-8-13(18)19-12)9-3-5-10(6-4-9)20-14(15,16)17/h3-8H,2H2,1H3,(H2,18,19). The Labute approximate surface area is 114 Å². The summed E-state index contributed by atoms with van der Waals surface area (Å²) in [4.78, 5) is 4.22. The third-order valence-electron chi connectivity index (χ3n) is 2.73. The number of aromatic nitrogens is 1. The smallest absolute Gasteiger partial charge is 0.406 e. The number of halogens is 3. The predicted octanol–water partition coefficient (Wildman–Crippen LogP) is 3.79. The number of pyridine rings is 1. The van der Waals surface area contributed by atoms with Crippen molar-refractivity contribution < 1.29 is 17.9 Å².